The van der Waals surface area contributed by atoms with Gasteiger partial charge < -0.3 is 19.5 Å². The van der Waals surface area contributed by atoms with Gasteiger partial charge in [-0.15, -0.1) is 4.91 Å². The van der Waals surface area contributed by atoms with Gasteiger partial charge in [0.15, 0.2) is 11.5 Å². The van der Waals surface area contributed by atoms with Crippen LogP contribution in [0, 0.1) is 16.1 Å². The average Bonchev–Trinajstić information content (AvgIpc) is 3.77. The molecule has 0 radical (unpaired) electrons. The summed E-state index contributed by atoms with van der Waals surface area (Å²) in [5.74, 6) is 0.276. The summed E-state index contributed by atoms with van der Waals surface area (Å²) in [7, 11) is 3.09. The number of aromatic nitrogens is 1. The Morgan fingerprint density at radius 2 is 1.62 bits per heavy atom. The number of nitrogens with one attached hydrogen (secondary N) is 1. The van der Waals surface area contributed by atoms with Crippen molar-refractivity contribution in [1.29, 1.82) is 0 Å². The number of benzene rings is 3. The number of nitrogens with zero attached hydrogens (tertiary/aromatic N) is 3. The monoisotopic (exact) mass is 530 g/mol. The van der Waals surface area contributed by atoms with Gasteiger partial charge in [0.05, 0.1) is 30.7 Å². The van der Waals surface area contributed by atoms with Crippen LogP contribution in [0.15, 0.2) is 78.2 Å². The number of ether oxygens (including phenoxy) is 3. The van der Waals surface area contributed by atoms with Crippen LogP contribution in [0.5, 0.6) is 23.0 Å². The topological polar surface area (TPSA) is 119 Å². The second-order valence-corrected chi connectivity index (χ2v) is 8.87. The van der Waals surface area contributed by atoms with E-state index in [1.807, 2.05) is 0 Å². The Kier molecular flexibility index (Phi) is 6.80. The molecule has 1 aliphatic rings. The predicted octanol–water partition coefficient (Wildman–Crippen LogP) is 5.62. The van der Waals surface area contributed by atoms with Crippen molar-refractivity contribution in [3.05, 3.63) is 83.7 Å². The van der Waals surface area contributed by atoms with Crippen LogP contribution in [0.3, 0.4) is 0 Å². The van der Waals surface area contributed by atoms with E-state index in [-0.39, 0.29) is 18.5 Å². The highest BCUT2D eigenvalue weighted by Gasteiger charge is 2.59. The van der Waals surface area contributed by atoms with E-state index in [9.17, 15) is 18.9 Å². The van der Waals surface area contributed by atoms with E-state index in [4.69, 9.17) is 14.2 Å². The molecule has 0 atom stereocenters. The highest BCUT2D eigenvalue weighted by molar-refractivity contribution is 6.17. The van der Waals surface area contributed by atoms with E-state index >= 15 is 0 Å². The number of nitroso groups, excluding NO2 is 1. The predicted molar refractivity (Wildman–Crippen MR) is 141 cm³/mol. The number of halogens is 1. The second kappa shape index (κ2) is 10.4. The normalized spacial score (nSPS) is 13.3. The van der Waals surface area contributed by atoms with Gasteiger partial charge in [-0.25, -0.2) is 4.39 Å². The maximum absolute atomic E-state index is 13.3. The zero-order valence-corrected chi connectivity index (χ0v) is 21.0. The third kappa shape index (κ3) is 4.93. The number of rotatable bonds is 9. The summed E-state index contributed by atoms with van der Waals surface area (Å²) in [6.07, 6.45) is 2.14. The fourth-order valence-electron chi connectivity index (χ4n) is 4.17. The van der Waals surface area contributed by atoms with Crippen molar-refractivity contribution < 1.29 is 28.2 Å². The molecular formula is C28H23FN4O6. The molecule has 1 fully saturated rings. The lowest BCUT2D eigenvalue weighted by atomic mass is 10.0. The van der Waals surface area contributed by atoms with Crippen LogP contribution < -0.4 is 24.5 Å². The highest BCUT2D eigenvalue weighted by Crippen LogP contribution is 2.49. The Labute approximate surface area is 222 Å². The summed E-state index contributed by atoms with van der Waals surface area (Å²) in [6, 6.07) is 16.6. The fourth-order valence-corrected chi connectivity index (χ4v) is 4.17. The molecule has 1 heterocycles. The molecule has 0 aliphatic heterocycles. The minimum atomic E-state index is -1.42. The molecule has 5 rings (SSSR count). The van der Waals surface area contributed by atoms with Crippen molar-refractivity contribution in [1.82, 2.24) is 4.98 Å². The minimum Gasteiger partial charge on any atom is -0.493 e. The summed E-state index contributed by atoms with van der Waals surface area (Å²) in [4.78, 5) is 41.9. The van der Waals surface area contributed by atoms with Gasteiger partial charge in [-0.3, -0.25) is 14.6 Å². The molecule has 198 valence electrons. The van der Waals surface area contributed by atoms with E-state index in [0.717, 1.165) is 17.5 Å². The SMILES string of the molecule is COc1cc2nccc(Oc3ccc(NC(=O)C4(C(=O)N(N=O)c5ccc(F)cc5)CC4)cc3)c2cc1OC. The van der Waals surface area contributed by atoms with Crippen LogP contribution in [0.4, 0.5) is 15.8 Å². The lowest BCUT2D eigenvalue weighted by Crippen LogP contribution is -2.40. The molecule has 39 heavy (non-hydrogen) atoms. The van der Waals surface area contributed by atoms with Crippen molar-refractivity contribution >= 4 is 34.1 Å². The standard InChI is InChI=1S/C28H23FN4O6/c1-37-24-15-21-22(16-25(24)38-2)30-14-11-23(21)39-20-9-5-18(6-10-20)31-26(34)28(12-13-28)27(35)33(32-36)19-7-3-17(29)4-8-19/h3-11,14-16H,12-13H2,1-2H3,(H,31,34). The molecule has 1 aromatic heterocycles. The summed E-state index contributed by atoms with van der Waals surface area (Å²) in [5, 5.41) is 6.81. The Hall–Kier alpha value is -5.06. The van der Waals surface area contributed by atoms with Gasteiger partial charge in [0.25, 0.3) is 5.91 Å². The molecule has 1 N–H and O–H groups in total. The number of fused-ring (bicyclic) bond motifs is 1. The molecule has 0 unspecified atom stereocenters. The number of hydrogen-bond acceptors (Lipinski definition) is 8. The first-order chi connectivity index (χ1) is 18.9. The van der Waals surface area contributed by atoms with Crippen LogP contribution in [0.1, 0.15) is 12.8 Å². The van der Waals surface area contributed by atoms with Crippen LogP contribution in [0.2, 0.25) is 0 Å². The number of hydrogen-bond donors (Lipinski definition) is 1. The number of carbonyl (C=O) groups is 2. The largest absolute Gasteiger partial charge is 0.493 e. The van der Waals surface area contributed by atoms with Crippen LogP contribution >= 0.6 is 0 Å². The third-order valence-electron chi connectivity index (χ3n) is 6.49. The molecule has 10 nitrogen and oxygen atoms in total. The molecule has 4 aromatic rings. The lowest BCUT2D eigenvalue weighted by molar-refractivity contribution is -0.132. The molecule has 0 bridgehead atoms. The van der Waals surface area contributed by atoms with E-state index in [1.165, 1.54) is 12.1 Å². The van der Waals surface area contributed by atoms with Gasteiger partial charge in [-0.2, -0.15) is 5.01 Å². The van der Waals surface area contributed by atoms with Gasteiger partial charge in [0.1, 0.15) is 22.7 Å². The molecule has 11 heteroatoms. The molecule has 1 aliphatic carbocycles. The van der Waals surface area contributed by atoms with Gasteiger partial charge >= 0.3 is 0 Å². The highest BCUT2D eigenvalue weighted by atomic mass is 19.1. The number of anilines is 2. The second-order valence-electron chi connectivity index (χ2n) is 8.87. The minimum absolute atomic E-state index is 0.0803. The van der Waals surface area contributed by atoms with Gasteiger partial charge in [-0.05, 0) is 73.5 Å². The first-order valence-corrected chi connectivity index (χ1v) is 11.9. The number of carbonyl (C=O) groups excluding carboxylic acids is 2. The van der Waals surface area contributed by atoms with E-state index in [1.54, 1.807) is 62.9 Å². The van der Waals surface area contributed by atoms with Gasteiger partial charge in [0.2, 0.25) is 5.91 Å². The van der Waals surface area contributed by atoms with Gasteiger partial charge in [0, 0.05) is 23.3 Å². The quantitative estimate of drug-likeness (QED) is 0.170. The molecule has 3 aromatic carbocycles. The molecule has 1 saturated carbocycles. The van der Waals surface area contributed by atoms with Crippen molar-refractivity contribution in [3.8, 4) is 23.0 Å². The summed E-state index contributed by atoms with van der Waals surface area (Å²) >= 11 is 0. The summed E-state index contributed by atoms with van der Waals surface area (Å²) in [5.41, 5.74) is -0.248. The lowest BCUT2D eigenvalue weighted by Gasteiger charge is -2.20. The Morgan fingerprint density at radius 1 is 0.949 bits per heavy atom. The van der Waals surface area contributed by atoms with Crippen molar-refractivity contribution in [3.63, 3.8) is 0 Å². The van der Waals surface area contributed by atoms with Crippen LogP contribution in [0.25, 0.3) is 10.9 Å². The Bertz CT molecular complexity index is 1560. The van der Waals surface area contributed by atoms with Crippen molar-refractivity contribution in [2.24, 2.45) is 10.7 Å². The van der Waals surface area contributed by atoms with Crippen molar-refractivity contribution in [2.75, 3.05) is 24.5 Å². The smallest absolute Gasteiger partial charge is 0.265 e. The maximum Gasteiger partial charge on any atom is 0.265 e. The maximum atomic E-state index is 13.3. The Balaban J connectivity index is 1.30. The first kappa shape index (κ1) is 25.6. The van der Waals surface area contributed by atoms with E-state index in [0.29, 0.717) is 39.2 Å². The zero-order chi connectivity index (χ0) is 27.6. The number of pyridine rings is 1. The Morgan fingerprint density at radius 3 is 2.23 bits per heavy atom. The zero-order valence-electron chi connectivity index (χ0n) is 21.0. The van der Waals surface area contributed by atoms with Crippen LogP contribution in [-0.2, 0) is 9.59 Å². The third-order valence-corrected chi connectivity index (χ3v) is 6.49. The van der Waals surface area contributed by atoms with Crippen molar-refractivity contribution in [2.45, 2.75) is 12.8 Å². The van der Waals surface area contributed by atoms with E-state index < -0.39 is 23.0 Å². The summed E-state index contributed by atoms with van der Waals surface area (Å²) < 4.78 is 30.0. The summed E-state index contributed by atoms with van der Waals surface area (Å²) in [6.45, 7) is 0. The fraction of sp³-hybridized carbons (Fsp3) is 0.179. The van der Waals surface area contributed by atoms with E-state index in [2.05, 4.69) is 15.6 Å². The molecular weight excluding hydrogens is 507 g/mol. The average molecular weight is 531 g/mol. The first-order valence-electron chi connectivity index (χ1n) is 11.9. The van der Waals surface area contributed by atoms with Crippen LogP contribution in [-0.4, -0.2) is 31.0 Å². The number of methoxy groups -OCH3 is 2. The molecule has 2 amide bonds. The number of amides is 2. The molecule has 0 spiro atoms. The molecule has 0 saturated heterocycles. The van der Waals surface area contributed by atoms with Gasteiger partial charge in [-0.1, -0.05) is 0 Å².